The predicted molar refractivity (Wildman–Crippen MR) is 46.3 cm³/mol. The van der Waals surface area contributed by atoms with Gasteiger partial charge in [-0.1, -0.05) is 0 Å². The predicted octanol–water partition coefficient (Wildman–Crippen LogP) is 0.615. The maximum Gasteiger partial charge on any atom is 0.164 e. The highest BCUT2D eigenvalue weighted by atomic mass is 15.1. The second kappa shape index (κ2) is 3.35. The fourth-order valence-corrected chi connectivity index (χ4v) is 2.08. The van der Waals surface area contributed by atoms with Crippen LogP contribution in [0.2, 0.25) is 0 Å². The Kier molecular flexibility index (Phi) is 2.22. The standard InChI is InChI=1S/C9H17N2/c1-2-6-11-7-3-5-10-8-9(11)4-1/h7,9-10H,1-6,8H2/q+1. The third kappa shape index (κ3) is 1.62. The van der Waals surface area contributed by atoms with E-state index in [1.807, 2.05) is 0 Å². The van der Waals surface area contributed by atoms with Crippen LogP contribution in [0.5, 0.6) is 0 Å². The van der Waals surface area contributed by atoms with Crippen molar-refractivity contribution in [2.24, 2.45) is 0 Å². The molecule has 2 aliphatic rings. The van der Waals surface area contributed by atoms with Crippen molar-refractivity contribution in [3.8, 4) is 0 Å². The van der Waals surface area contributed by atoms with Crippen LogP contribution in [-0.4, -0.2) is 36.5 Å². The molecule has 0 saturated carbocycles. The molecule has 0 aromatic heterocycles. The van der Waals surface area contributed by atoms with Gasteiger partial charge in [-0.2, -0.15) is 0 Å². The van der Waals surface area contributed by atoms with Crippen LogP contribution in [0.1, 0.15) is 25.7 Å². The topological polar surface area (TPSA) is 15.0 Å². The van der Waals surface area contributed by atoms with Crippen molar-refractivity contribution in [3.63, 3.8) is 0 Å². The summed E-state index contributed by atoms with van der Waals surface area (Å²) in [6, 6.07) is 0.811. The lowest BCUT2D eigenvalue weighted by molar-refractivity contribution is -0.570. The van der Waals surface area contributed by atoms with Gasteiger partial charge in [0.05, 0.1) is 6.54 Å². The van der Waals surface area contributed by atoms with E-state index in [1.54, 1.807) is 0 Å². The lowest BCUT2D eigenvalue weighted by Gasteiger charge is -2.18. The summed E-state index contributed by atoms with van der Waals surface area (Å²) in [6.07, 6.45) is 7.83. The number of fused-ring (bicyclic) bond motifs is 1. The van der Waals surface area contributed by atoms with E-state index >= 15 is 0 Å². The van der Waals surface area contributed by atoms with Crippen molar-refractivity contribution in [2.45, 2.75) is 31.7 Å². The van der Waals surface area contributed by atoms with Gasteiger partial charge in [0, 0.05) is 25.8 Å². The molecule has 62 valence electrons. The van der Waals surface area contributed by atoms with E-state index in [0.29, 0.717) is 0 Å². The third-order valence-corrected chi connectivity index (χ3v) is 2.74. The smallest absolute Gasteiger partial charge is 0.164 e. The summed E-state index contributed by atoms with van der Waals surface area (Å²) in [5.74, 6) is 0. The third-order valence-electron chi connectivity index (χ3n) is 2.74. The summed E-state index contributed by atoms with van der Waals surface area (Å²) in [4.78, 5) is 0. The van der Waals surface area contributed by atoms with Gasteiger partial charge in [-0.3, -0.25) is 0 Å². The van der Waals surface area contributed by atoms with Crippen LogP contribution in [0.25, 0.3) is 0 Å². The van der Waals surface area contributed by atoms with E-state index in [1.165, 1.54) is 45.3 Å². The normalized spacial score (nSPS) is 32.0. The molecule has 0 amide bonds. The van der Waals surface area contributed by atoms with Crippen molar-refractivity contribution >= 4 is 6.21 Å². The monoisotopic (exact) mass is 153 g/mol. The number of nitrogens with one attached hydrogen (secondary N) is 1. The Morgan fingerprint density at radius 3 is 3.36 bits per heavy atom. The maximum atomic E-state index is 3.47. The molecule has 1 saturated heterocycles. The minimum Gasteiger partial charge on any atom is -0.310 e. The molecular formula is C9H17N2+. The Bertz CT molecular complexity index is 163. The zero-order chi connectivity index (χ0) is 7.52. The summed E-state index contributed by atoms with van der Waals surface area (Å²) in [5.41, 5.74) is 0. The van der Waals surface area contributed by atoms with Gasteiger partial charge in [0.1, 0.15) is 12.8 Å². The summed E-state index contributed by atoms with van der Waals surface area (Å²) in [7, 11) is 0. The van der Waals surface area contributed by atoms with E-state index in [2.05, 4.69) is 16.1 Å². The lowest BCUT2D eigenvalue weighted by Crippen LogP contribution is -2.37. The molecule has 0 spiro atoms. The summed E-state index contributed by atoms with van der Waals surface area (Å²) in [5, 5.41) is 3.47. The Labute approximate surface area is 68.3 Å². The quantitative estimate of drug-likeness (QED) is 0.504. The molecule has 0 radical (unpaired) electrons. The lowest BCUT2D eigenvalue weighted by atomic mass is 10.0. The Hall–Kier alpha value is -0.370. The molecule has 2 nitrogen and oxygen atoms in total. The molecule has 0 aromatic rings. The maximum absolute atomic E-state index is 3.47. The van der Waals surface area contributed by atoms with Crippen LogP contribution in [0, 0.1) is 0 Å². The summed E-state index contributed by atoms with van der Waals surface area (Å²) in [6.45, 7) is 3.68. The Morgan fingerprint density at radius 1 is 1.36 bits per heavy atom. The molecule has 11 heavy (non-hydrogen) atoms. The van der Waals surface area contributed by atoms with Gasteiger partial charge in [-0.25, -0.2) is 4.58 Å². The highest BCUT2D eigenvalue weighted by Gasteiger charge is 2.25. The van der Waals surface area contributed by atoms with Crippen LogP contribution in [0.3, 0.4) is 0 Å². The molecule has 2 rings (SSSR count). The molecular weight excluding hydrogens is 136 g/mol. The van der Waals surface area contributed by atoms with Crippen molar-refractivity contribution in [1.82, 2.24) is 5.32 Å². The number of piperidine rings is 1. The van der Waals surface area contributed by atoms with E-state index in [9.17, 15) is 0 Å². The highest BCUT2D eigenvalue weighted by Crippen LogP contribution is 2.12. The van der Waals surface area contributed by atoms with Crippen molar-refractivity contribution in [3.05, 3.63) is 0 Å². The van der Waals surface area contributed by atoms with Crippen molar-refractivity contribution < 1.29 is 4.58 Å². The molecule has 0 bridgehead atoms. The van der Waals surface area contributed by atoms with Gasteiger partial charge in [0.15, 0.2) is 6.04 Å². The molecule has 0 aromatic carbocycles. The molecule has 1 unspecified atom stereocenters. The highest BCUT2D eigenvalue weighted by molar-refractivity contribution is 5.51. The first-order valence-corrected chi connectivity index (χ1v) is 4.76. The zero-order valence-corrected chi connectivity index (χ0v) is 7.05. The second-order valence-corrected chi connectivity index (χ2v) is 3.56. The van der Waals surface area contributed by atoms with E-state index in [0.717, 1.165) is 6.04 Å². The van der Waals surface area contributed by atoms with Crippen LogP contribution >= 0.6 is 0 Å². The van der Waals surface area contributed by atoms with E-state index < -0.39 is 0 Å². The van der Waals surface area contributed by atoms with Gasteiger partial charge in [-0.05, 0) is 6.42 Å². The SMILES string of the molecule is C1=[N+]2CCCCC2CNCC1. The molecule has 1 atom stereocenters. The number of nitrogens with zero attached hydrogens (tertiary/aromatic N) is 1. The minimum absolute atomic E-state index is 0.811. The van der Waals surface area contributed by atoms with Gasteiger partial charge in [0.25, 0.3) is 0 Å². The van der Waals surface area contributed by atoms with Crippen molar-refractivity contribution in [1.29, 1.82) is 0 Å². The molecule has 2 aliphatic heterocycles. The van der Waals surface area contributed by atoms with E-state index in [4.69, 9.17) is 0 Å². The average Bonchev–Trinajstić information content (AvgIpc) is 2.28. The first kappa shape index (κ1) is 7.29. The van der Waals surface area contributed by atoms with Crippen LogP contribution in [-0.2, 0) is 0 Å². The van der Waals surface area contributed by atoms with Gasteiger partial charge in [-0.15, -0.1) is 0 Å². The summed E-state index contributed by atoms with van der Waals surface area (Å²) < 4.78 is 2.55. The van der Waals surface area contributed by atoms with Gasteiger partial charge in [0.2, 0.25) is 0 Å². The number of rotatable bonds is 0. The molecule has 1 N–H and O–H groups in total. The van der Waals surface area contributed by atoms with Gasteiger partial charge >= 0.3 is 0 Å². The molecule has 2 heterocycles. The van der Waals surface area contributed by atoms with Crippen molar-refractivity contribution in [2.75, 3.05) is 19.6 Å². The average molecular weight is 153 g/mol. The Balaban J connectivity index is 2.06. The van der Waals surface area contributed by atoms with Gasteiger partial charge < -0.3 is 5.32 Å². The Morgan fingerprint density at radius 2 is 2.36 bits per heavy atom. The number of hydrogen-bond donors (Lipinski definition) is 1. The number of hydrogen-bond acceptors (Lipinski definition) is 1. The first-order valence-electron chi connectivity index (χ1n) is 4.76. The fourth-order valence-electron chi connectivity index (χ4n) is 2.08. The van der Waals surface area contributed by atoms with Crippen LogP contribution in [0.15, 0.2) is 0 Å². The molecule has 1 fully saturated rings. The van der Waals surface area contributed by atoms with Crippen LogP contribution in [0.4, 0.5) is 0 Å². The minimum atomic E-state index is 0.811. The zero-order valence-electron chi connectivity index (χ0n) is 7.05. The molecule has 2 heteroatoms. The summed E-state index contributed by atoms with van der Waals surface area (Å²) >= 11 is 0. The van der Waals surface area contributed by atoms with Crippen LogP contribution < -0.4 is 5.32 Å². The first-order chi connectivity index (χ1) is 5.47. The second-order valence-electron chi connectivity index (χ2n) is 3.56. The van der Waals surface area contributed by atoms with E-state index in [-0.39, 0.29) is 0 Å². The molecule has 0 aliphatic carbocycles. The fraction of sp³-hybridized carbons (Fsp3) is 0.889. The largest absolute Gasteiger partial charge is 0.310 e.